The maximum absolute atomic E-state index is 11.8. The first-order valence-electron chi connectivity index (χ1n) is 5.64. The zero-order valence-corrected chi connectivity index (χ0v) is 10.3. The SMILES string of the molecule is CCC1(NC(=O)Cc2csc(N)n2)CCC1. The number of nitrogens with two attached hydrogens (primary N) is 1. The second-order valence-electron chi connectivity index (χ2n) is 4.39. The van der Waals surface area contributed by atoms with Gasteiger partial charge in [0.25, 0.3) is 0 Å². The van der Waals surface area contributed by atoms with E-state index in [2.05, 4.69) is 17.2 Å². The molecular formula is C11H17N3OS. The van der Waals surface area contributed by atoms with Gasteiger partial charge >= 0.3 is 0 Å². The third-order valence-electron chi connectivity index (χ3n) is 3.30. The normalized spacial score (nSPS) is 17.8. The molecule has 0 saturated heterocycles. The zero-order valence-electron chi connectivity index (χ0n) is 9.45. The maximum atomic E-state index is 11.8. The van der Waals surface area contributed by atoms with Crippen molar-refractivity contribution in [2.75, 3.05) is 5.73 Å². The van der Waals surface area contributed by atoms with Crippen LogP contribution in [0.15, 0.2) is 5.38 Å². The molecule has 0 aliphatic heterocycles. The highest BCUT2D eigenvalue weighted by Gasteiger charge is 2.36. The van der Waals surface area contributed by atoms with Crippen LogP contribution in [-0.4, -0.2) is 16.4 Å². The third-order valence-corrected chi connectivity index (χ3v) is 4.03. The Balaban J connectivity index is 1.89. The molecule has 1 aromatic rings. The van der Waals surface area contributed by atoms with Gasteiger partial charge in [-0.15, -0.1) is 11.3 Å². The number of aromatic nitrogens is 1. The lowest BCUT2D eigenvalue weighted by Gasteiger charge is -2.42. The minimum atomic E-state index is 0.0619. The van der Waals surface area contributed by atoms with Crippen LogP contribution in [0.25, 0.3) is 0 Å². The van der Waals surface area contributed by atoms with Gasteiger partial charge in [0.05, 0.1) is 12.1 Å². The van der Waals surface area contributed by atoms with Crippen molar-refractivity contribution in [3.05, 3.63) is 11.1 Å². The van der Waals surface area contributed by atoms with Crippen LogP contribution in [-0.2, 0) is 11.2 Å². The molecule has 0 unspecified atom stereocenters. The summed E-state index contributed by atoms with van der Waals surface area (Å²) in [6.45, 7) is 2.13. The van der Waals surface area contributed by atoms with E-state index in [1.165, 1.54) is 17.8 Å². The van der Waals surface area contributed by atoms with E-state index in [-0.39, 0.29) is 11.4 Å². The molecule has 1 aromatic heterocycles. The van der Waals surface area contributed by atoms with Gasteiger partial charge in [-0.05, 0) is 25.7 Å². The molecular weight excluding hydrogens is 222 g/mol. The van der Waals surface area contributed by atoms with Crippen molar-refractivity contribution in [3.8, 4) is 0 Å². The third kappa shape index (κ3) is 2.35. The van der Waals surface area contributed by atoms with Crippen LogP contribution in [0, 0.1) is 0 Å². The summed E-state index contributed by atoms with van der Waals surface area (Å²) in [7, 11) is 0. The van der Waals surface area contributed by atoms with E-state index in [0.717, 1.165) is 25.0 Å². The van der Waals surface area contributed by atoms with Gasteiger partial charge in [0.15, 0.2) is 5.13 Å². The Morgan fingerprint density at radius 3 is 2.88 bits per heavy atom. The van der Waals surface area contributed by atoms with Gasteiger partial charge in [0, 0.05) is 10.9 Å². The molecule has 0 atom stereocenters. The van der Waals surface area contributed by atoms with Crippen LogP contribution in [0.5, 0.6) is 0 Å². The molecule has 0 bridgehead atoms. The number of carbonyl (C=O) groups excluding carboxylic acids is 1. The predicted octanol–water partition coefficient (Wildman–Crippen LogP) is 1.72. The van der Waals surface area contributed by atoms with Crippen LogP contribution >= 0.6 is 11.3 Å². The van der Waals surface area contributed by atoms with Crippen molar-refractivity contribution in [1.82, 2.24) is 10.3 Å². The zero-order chi connectivity index (χ0) is 11.6. The number of rotatable bonds is 4. The van der Waals surface area contributed by atoms with Crippen LogP contribution in [0.1, 0.15) is 38.3 Å². The van der Waals surface area contributed by atoms with Crippen molar-refractivity contribution in [1.29, 1.82) is 0 Å². The molecule has 0 aromatic carbocycles. The summed E-state index contributed by atoms with van der Waals surface area (Å²) in [6.07, 6.45) is 4.79. The number of amides is 1. The fourth-order valence-electron chi connectivity index (χ4n) is 2.08. The van der Waals surface area contributed by atoms with Crippen molar-refractivity contribution in [2.45, 2.75) is 44.6 Å². The lowest BCUT2D eigenvalue weighted by Crippen LogP contribution is -2.53. The van der Waals surface area contributed by atoms with E-state index in [9.17, 15) is 4.79 Å². The Kier molecular flexibility index (Phi) is 3.14. The highest BCUT2D eigenvalue weighted by Crippen LogP contribution is 2.34. The molecule has 1 saturated carbocycles. The topological polar surface area (TPSA) is 68.0 Å². The standard InChI is InChI=1S/C11H17N3OS/c1-2-11(4-3-5-11)14-9(15)6-8-7-16-10(12)13-8/h7H,2-6H2,1H3,(H2,12,13)(H,14,15). The summed E-state index contributed by atoms with van der Waals surface area (Å²) in [5.74, 6) is 0.0619. The summed E-state index contributed by atoms with van der Waals surface area (Å²) in [6, 6.07) is 0. The lowest BCUT2D eigenvalue weighted by molar-refractivity contribution is -0.123. The summed E-state index contributed by atoms with van der Waals surface area (Å²) < 4.78 is 0. The van der Waals surface area contributed by atoms with Crippen molar-refractivity contribution < 1.29 is 4.79 Å². The highest BCUT2D eigenvalue weighted by atomic mass is 32.1. The Hall–Kier alpha value is -1.10. The second kappa shape index (κ2) is 4.41. The van der Waals surface area contributed by atoms with Gasteiger partial charge in [-0.25, -0.2) is 4.98 Å². The quantitative estimate of drug-likeness (QED) is 0.840. The smallest absolute Gasteiger partial charge is 0.226 e. The van der Waals surface area contributed by atoms with Crippen molar-refractivity contribution in [3.63, 3.8) is 0 Å². The number of carbonyl (C=O) groups is 1. The molecule has 1 heterocycles. The van der Waals surface area contributed by atoms with E-state index in [4.69, 9.17) is 5.73 Å². The average molecular weight is 239 g/mol. The first-order valence-corrected chi connectivity index (χ1v) is 6.52. The van der Waals surface area contributed by atoms with Crippen molar-refractivity contribution in [2.24, 2.45) is 0 Å². The van der Waals surface area contributed by atoms with Crippen LogP contribution < -0.4 is 11.1 Å². The largest absolute Gasteiger partial charge is 0.375 e. The average Bonchev–Trinajstić information content (AvgIpc) is 2.57. The lowest BCUT2D eigenvalue weighted by atomic mass is 9.75. The van der Waals surface area contributed by atoms with E-state index >= 15 is 0 Å². The highest BCUT2D eigenvalue weighted by molar-refractivity contribution is 7.13. The summed E-state index contributed by atoms with van der Waals surface area (Å²) in [5.41, 5.74) is 6.36. The number of nitrogens with one attached hydrogen (secondary N) is 1. The maximum Gasteiger partial charge on any atom is 0.226 e. The predicted molar refractivity (Wildman–Crippen MR) is 65.2 cm³/mol. The fraction of sp³-hybridized carbons (Fsp3) is 0.636. The molecule has 5 heteroatoms. The molecule has 2 rings (SSSR count). The first-order chi connectivity index (χ1) is 7.63. The monoisotopic (exact) mass is 239 g/mol. The summed E-state index contributed by atoms with van der Waals surface area (Å²) in [4.78, 5) is 15.9. The Labute approximate surface area is 99.3 Å². The van der Waals surface area contributed by atoms with E-state index in [0.29, 0.717) is 11.6 Å². The first kappa shape index (κ1) is 11.4. The number of hydrogen-bond acceptors (Lipinski definition) is 4. The summed E-state index contributed by atoms with van der Waals surface area (Å²) >= 11 is 1.38. The molecule has 1 aliphatic rings. The minimum absolute atomic E-state index is 0.0619. The van der Waals surface area contributed by atoms with Crippen LogP contribution in [0.3, 0.4) is 0 Å². The molecule has 16 heavy (non-hydrogen) atoms. The number of thiazole rings is 1. The molecule has 1 aliphatic carbocycles. The molecule has 3 N–H and O–H groups in total. The Morgan fingerprint density at radius 2 is 2.44 bits per heavy atom. The van der Waals surface area contributed by atoms with Crippen LogP contribution in [0.4, 0.5) is 5.13 Å². The molecule has 0 radical (unpaired) electrons. The number of nitrogen functional groups attached to an aromatic ring is 1. The van der Waals surface area contributed by atoms with Gasteiger partial charge in [-0.1, -0.05) is 6.92 Å². The molecule has 1 fully saturated rings. The Bertz CT molecular complexity index is 379. The van der Waals surface area contributed by atoms with E-state index in [1.807, 2.05) is 5.38 Å². The Morgan fingerprint density at radius 1 is 1.69 bits per heavy atom. The molecule has 1 amide bonds. The number of hydrogen-bond donors (Lipinski definition) is 2. The van der Waals surface area contributed by atoms with Gasteiger partial charge in [-0.2, -0.15) is 0 Å². The van der Waals surface area contributed by atoms with Gasteiger partial charge in [0.2, 0.25) is 5.91 Å². The number of anilines is 1. The van der Waals surface area contributed by atoms with Crippen molar-refractivity contribution >= 4 is 22.4 Å². The number of nitrogens with zero attached hydrogens (tertiary/aromatic N) is 1. The molecule has 0 spiro atoms. The van der Waals surface area contributed by atoms with E-state index in [1.54, 1.807) is 0 Å². The second-order valence-corrected chi connectivity index (χ2v) is 5.28. The fourth-order valence-corrected chi connectivity index (χ4v) is 2.64. The van der Waals surface area contributed by atoms with E-state index < -0.39 is 0 Å². The molecule has 88 valence electrons. The van der Waals surface area contributed by atoms with Crippen LogP contribution in [0.2, 0.25) is 0 Å². The van der Waals surface area contributed by atoms with Gasteiger partial charge in [-0.3, -0.25) is 4.79 Å². The minimum Gasteiger partial charge on any atom is -0.375 e. The van der Waals surface area contributed by atoms with Gasteiger partial charge in [0.1, 0.15) is 0 Å². The summed E-state index contributed by atoms with van der Waals surface area (Å²) in [5, 5.41) is 5.49. The molecule has 4 nitrogen and oxygen atoms in total. The van der Waals surface area contributed by atoms with Gasteiger partial charge < -0.3 is 11.1 Å².